The van der Waals surface area contributed by atoms with Crippen LogP contribution >= 0.6 is 0 Å². The Balaban J connectivity index is 1.42. The van der Waals surface area contributed by atoms with Crippen molar-refractivity contribution in [1.82, 2.24) is 4.98 Å². The van der Waals surface area contributed by atoms with Gasteiger partial charge in [0.15, 0.2) is 0 Å². The van der Waals surface area contributed by atoms with E-state index in [1.165, 1.54) is 24.0 Å². The Hall–Kier alpha value is -1.68. The van der Waals surface area contributed by atoms with Crippen molar-refractivity contribution < 1.29 is 14.8 Å². The van der Waals surface area contributed by atoms with Crippen LogP contribution in [0.2, 0.25) is 0 Å². The molecule has 2 saturated carbocycles. The number of fused-ring (bicyclic) bond motifs is 2. The number of pyridine rings is 1. The lowest BCUT2D eigenvalue weighted by molar-refractivity contribution is -0.675. The minimum atomic E-state index is 0.0188. The summed E-state index contributed by atoms with van der Waals surface area (Å²) in [7, 11) is 0. The van der Waals surface area contributed by atoms with Gasteiger partial charge in [-0.2, -0.15) is 0 Å². The van der Waals surface area contributed by atoms with Crippen LogP contribution in [0.1, 0.15) is 44.6 Å². The van der Waals surface area contributed by atoms with E-state index in [1.807, 2.05) is 12.3 Å². The highest BCUT2D eigenvalue weighted by Crippen LogP contribution is 2.56. The monoisotopic (exact) mass is 341 g/mol. The Kier molecular flexibility index (Phi) is 4.40. The second-order valence-corrected chi connectivity index (χ2v) is 8.49. The second kappa shape index (κ2) is 6.56. The van der Waals surface area contributed by atoms with Gasteiger partial charge < -0.3 is 10.1 Å². The highest BCUT2D eigenvalue weighted by atomic mass is 16.6. The molecule has 0 amide bonds. The van der Waals surface area contributed by atoms with Crippen molar-refractivity contribution in [3.8, 4) is 0 Å². The quantitative estimate of drug-likeness (QED) is 0.676. The Morgan fingerprint density at radius 3 is 3.16 bits per heavy atom. The van der Waals surface area contributed by atoms with E-state index in [1.54, 1.807) is 6.20 Å². The van der Waals surface area contributed by atoms with E-state index in [0.717, 1.165) is 32.4 Å². The molecule has 1 aliphatic heterocycles. The summed E-state index contributed by atoms with van der Waals surface area (Å²) in [6, 6.07) is 4.04. The van der Waals surface area contributed by atoms with Gasteiger partial charge in [0.1, 0.15) is 18.6 Å². The highest BCUT2D eigenvalue weighted by molar-refractivity contribution is 5.75. The molecule has 1 aromatic heterocycles. The average molecular weight is 341 g/mol. The molecule has 0 spiro atoms. The van der Waals surface area contributed by atoms with Crippen molar-refractivity contribution in [3.63, 3.8) is 0 Å². The van der Waals surface area contributed by atoms with Crippen molar-refractivity contribution in [1.29, 1.82) is 0 Å². The number of hydrogen-bond donors (Lipinski definition) is 1. The minimum Gasteiger partial charge on any atom is -0.462 e. The minimum absolute atomic E-state index is 0.0188. The number of nitrogens with two attached hydrogens (primary N) is 1. The summed E-state index contributed by atoms with van der Waals surface area (Å²) >= 11 is 0. The smallest absolute Gasteiger partial charge is 0.315 e. The van der Waals surface area contributed by atoms with E-state index < -0.39 is 0 Å². The van der Waals surface area contributed by atoms with Crippen LogP contribution in [0.4, 0.5) is 0 Å². The van der Waals surface area contributed by atoms with E-state index in [-0.39, 0.29) is 23.4 Å². The maximum absolute atomic E-state index is 12.5. The van der Waals surface area contributed by atoms with E-state index in [2.05, 4.69) is 29.9 Å². The molecular weight excluding hydrogens is 312 g/mol. The van der Waals surface area contributed by atoms with Gasteiger partial charge in [0, 0.05) is 23.9 Å². The van der Waals surface area contributed by atoms with Crippen molar-refractivity contribution in [2.24, 2.45) is 23.2 Å². The van der Waals surface area contributed by atoms with Crippen LogP contribution in [0, 0.1) is 23.2 Å². The molecule has 1 saturated heterocycles. The summed E-state index contributed by atoms with van der Waals surface area (Å²) < 4.78 is 5.83. The third-order valence-corrected chi connectivity index (χ3v) is 6.84. The molecule has 2 aliphatic carbocycles. The largest absolute Gasteiger partial charge is 0.462 e. The molecule has 4 heteroatoms. The van der Waals surface area contributed by atoms with Crippen molar-refractivity contribution >= 4 is 5.97 Å². The molecule has 0 unspecified atom stereocenters. The third kappa shape index (κ3) is 3.12. The summed E-state index contributed by atoms with van der Waals surface area (Å²) in [6.45, 7) is 8.42. The van der Waals surface area contributed by atoms with Crippen LogP contribution < -0.4 is 5.32 Å². The van der Waals surface area contributed by atoms with Crippen LogP contribution in [0.3, 0.4) is 0 Å². The summed E-state index contributed by atoms with van der Waals surface area (Å²) in [6.07, 6.45) is 9.54. The molecule has 0 bridgehead atoms. The zero-order chi connectivity index (χ0) is 17.4. The Bertz CT molecular complexity index is 659. The van der Waals surface area contributed by atoms with Gasteiger partial charge in [-0.1, -0.05) is 25.1 Å². The zero-order valence-corrected chi connectivity index (χ0v) is 15.1. The van der Waals surface area contributed by atoms with Crippen molar-refractivity contribution in [2.75, 3.05) is 6.54 Å². The van der Waals surface area contributed by atoms with Gasteiger partial charge in [-0.3, -0.25) is 9.78 Å². The molecule has 0 radical (unpaired) electrons. The molecule has 0 aromatic carbocycles. The molecular formula is C21H29N2O2+. The van der Waals surface area contributed by atoms with Gasteiger partial charge in [-0.25, -0.2) is 0 Å². The standard InChI is InChI=1S/C21H28N2O2/c1-14-5-3-7-21(2)10-19-16(9-18(14)21)17(20(24)25-19)13-23-12-15-6-4-8-22-11-15/h4,6,8,11,16-19,23H,1,3,5,7,9-10,12-13H2,2H3/p+1/t16-,17+,18-,19-,21+/m0/s1. The van der Waals surface area contributed by atoms with E-state index in [9.17, 15) is 4.79 Å². The Morgan fingerprint density at radius 2 is 2.36 bits per heavy atom. The number of esters is 1. The maximum atomic E-state index is 12.5. The zero-order valence-electron chi connectivity index (χ0n) is 15.1. The molecule has 2 N–H and O–H groups in total. The van der Waals surface area contributed by atoms with Gasteiger partial charge >= 0.3 is 5.97 Å². The average Bonchev–Trinajstić information content (AvgIpc) is 2.88. The predicted octanol–water partition coefficient (Wildman–Crippen LogP) is 2.46. The number of hydrogen-bond acceptors (Lipinski definition) is 3. The lowest BCUT2D eigenvalue weighted by Gasteiger charge is -2.49. The van der Waals surface area contributed by atoms with Gasteiger partial charge in [0.2, 0.25) is 0 Å². The molecule has 4 rings (SSSR count). The fraction of sp³-hybridized carbons (Fsp3) is 0.619. The van der Waals surface area contributed by atoms with Crippen LogP contribution in [-0.4, -0.2) is 23.6 Å². The van der Waals surface area contributed by atoms with Gasteiger partial charge in [0.25, 0.3) is 0 Å². The SMILES string of the molecule is C=C1CCC[C@]2(C)C[C@@H]3OC(=O)[C@H](C[NH2+]Cc4cccnc4)[C@@H]3C[C@@H]12. The summed E-state index contributed by atoms with van der Waals surface area (Å²) in [5.74, 6) is 0.981. The van der Waals surface area contributed by atoms with Crippen LogP contribution in [0.25, 0.3) is 0 Å². The van der Waals surface area contributed by atoms with Crippen LogP contribution in [0.5, 0.6) is 0 Å². The molecule has 3 aliphatic rings. The fourth-order valence-corrected chi connectivity index (χ4v) is 5.47. The lowest BCUT2D eigenvalue weighted by Crippen LogP contribution is -2.84. The van der Waals surface area contributed by atoms with E-state index >= 15 is 0 Å². The molecule has 5 atom stereocenters. The van der Waals surface area contributed by atoms with Crippen molar-refractivity contribution in [3.05, 3.63) is 42.2 Å². The van der Waals surface area contributed by atoms with Gasteiger partial charge in [-0.15, -0.1) is 0 Å². The predicted molar refractivity (Wildman–Crippen MR) is 95.4 cm³/mol. The summed E-state index contributed by atoms with van der Waals surface area (Å²) in [5, 5.41) is 2.23. The lowest BCUT2D eigenvalue weighted by atomic mass is 9.55. The molecule has 25 heavy (non-hydrogen) atoms. The summed E-state index contributed by atoms with van der Waals surface area (Å²) in [4.78, 5) is 16.7. The number of nitrogens with zero attached hydrogens (tertiary/aromatic N) is 1. The Morgan fingerprint density at radius 1 is 1.48 bits per heavy atom. The van der Waals surface area contributed by atoms with Gasteiger partial charge in [0.05, 0.1) is 6.54 Å². The normalized spacial score (nSPS) is 37.3. The second-order valence-electron chi connectivity index (χ2n) is 8.49. The molecule has 3 fully saturated rings. The highest BCUT2D eigenvalue weighted by Gasteiger charge is 2.55. The first-order valence-electron chi connectivity index (χ1n) is 9.65. The van der Waals surface area contributed by atoms with E-state index in [0.29, 0.717) is 11.8 Å². The summed E-state index contributed by atoms with van der Waals surface area (Å²) in [5.41, 5.74) is 2.89. The van der Waals surface area contributed by atoms with Crippen LogP contribution in [-0.2, 0) is 16.1 Å². The fourth-order valence-electron chi connectivity index (χ4n) is 5.47. The first-order valence-corrected chi connectivity index (χ1v) is 9.65. The van der Waals surface area contributed by atoms with Crippen LogP contribution in [0.15, 0.2) is 36.7 Å². The number of carbonyl (C=O) groups is 1. The number of quaternary nitrogens is 1. The number of ether oxygens (including phenoxy) is 1. The molecule has 134 valence electrons. The van der Waals surface area contributed by atoms with Crippen molar-refractivity contribution in [2.45, 2.75) is 51.7 Å². The topological polar surface area (TPSA) is 55.8 Å². The first-order chi connectivity index (χ1) is 12.1. The maximum Gasteiger partial charge on any atom is 0.315 e. The molecule has 2 heterocycles. The number of carbonyl (C=O) groups excluding carboxylic acids is 1. The Labute approximate surface area is 150 Å². The number of allylic oxidation sites excluding steroid dienone is 1. The van der Waals surface area contributed by atoms with Gasteiger partial charge in [-0.05, 0) is 49.5 Å². The number of rotatable bonds is 4. The third-order valence-electron chi connectivity index (χ3n) is 6.84. The van der Waals surface area contributed by atoms with E-state index in [4.69, 9.17) is 4.74 Å². The molecule has 1 aromatic rings. The first kappa shape index (κ1) is 16.8. The number of aromatic nitrogens is 1. The molecule has 4 nitrogen and oxygen atoms in total.